The zero-order chi connectivity index (χ0) is 10.8. The second-order valence-corrected chi connectivity index (χ2v) is 2.93. The number of rotatable bonds is 3. The SMILES string of the molecule is COc1cccc(C(C)(F)F)c1C=O. The van der Waals surface area contributed by atoms with E-state index >= 15 is 0 Å². The van der Waals surface area contributed by atoms with Crippen LogP contribution in [0.5, 0.6) is 5.75 Å². The van der Waals surface area contributed by atoms with Crippen LogP contribution >= 0.6 is 0 Å². The average molecular weight is 200 g/mol. The molecule has 0 fully saturated rings. The van der Waals surface area contributed by atoms with Crippen LogP contribution in [0.1, 0.15) is 22.8 Å². The third-order valence-electron chi connectivity index (χ3n) is 1.88. The fourth-order valence-electron chi connectivity index (χ4n) is 1.23. The van der Waals surface area contributed by atoms with Crippen molar-refractivity contribution in [3.8, 4) is 5.75 Å². The monoisotopic (exact) mass is 200 g/mol. The lowest BCUT2D eigenvalue weighted by Gasteiger charge is -2.14. The standard InChI is InChI=1S/C10H10F2O2/c1-10(11,12)8-4-3-5-9(14-2)7(8)6-13/h3-6H,1-2H3. The van der Waals surface area contributed by atoms with E-state index < -0.39 is 5.92 Å². The molecule has 0 spiro atoms. The molecule has 2 nitrogen and oxygen atoms in total. The fraction of sp³-hybridized carbons (Fsp3) is 0.300. The molecule has 0 N–H and O–H groups in total. The van der Waals surface area contributed by atoms with E-state index in [0.717, 1.165) is 6.92 Å². The highest BCUT2D eigenvalue weighted by molar-refractivity contribution is 5.82. The summed E-state index contributed by atoms with van der Waals surface area (Å²) < 4.78 is 30.8. The highest BCUT2D eigenvalue weighted by Crippen LogP contribution is 2.33. The Balaban J connectivity index is 3.37. The van der Waals surface area contributed by atoms with Gasteiger partial charge in [0.15, 0.2) is 6.29 Å². The second kappa shape index (κ2) is 3.74. The topological polar surface area (TPSA) is 26.3 Å². The maximum absolute atomic E-state index is 13.0. The Hall–Kier alpha value is -1.45. The lowest BCUT2D eigenvalue weighted by molar-refractivity contribution is 0.0165. The van der Waals surface area contributed by atoms with Crippen LogP contribution in [0, 0.1) is 0 Å². The quantitative estimate of drug-likeness (QED) is 0.701. The molecule has 0 heterocycles. The first-order valence-corrected chi connectivity index (χ1v) is 4.01. The minimum atomic E-state index is -3.04. The Morgan fingerprint density at radius 1 is 1.43 bits per heavy atom. The molecule has 0 aliphatic rings. The predicted octanol–water partition coefficient (Wildman–Crippen LogP) is 2.62. The van der Waals surface area contributed by atoms with Crippen LogP contribution in [0.15, 0.2) is 18.2 Å². The Morgan fingerprint density at radius 3 is 2.50 bits per heavy atom. The fourth-order valence-corrected chi connectivity index (χ4v) is 1.23. The Kier molecular flexibility index (Phi) is 2.84. The molecular formula is C10H10F2O2. The molecule has 76 valence electrons. The molecule has 1 aromatic carbocycles. The number of carbonyl (C=O) groups excluding carboxylic acids is 1. The highest BCUT2D eigenvalue weighted by atomic mass is 19.3. The number of methoxy groups -OCH3 is 1. The van der Waals surface area contributed by atoms with Crippen molar-refractivity contribution in [2.24, 2.45) is 0 Å². The predicted molar refractivity (Wildman–Crippen MR) is 47.9 cm³/mol. The summed E-state index contributed by atoms with van der Waals surface area (Å²) in [5.41, 5.74) is -0.408. The van der Waals surface area contributed by atoms with Gasteiger partial charge >= 0.3 is 0 Å². The van der Waals surface area contributed by atoms with Crippen molar-refractivity contribution in [3.63, 3.8) is 0 Å². The maximum Gasteiger partial charge on any atom is 0.271 e. The second-order valence-electron chi connectivity index (χ2n) is 2.93. The Labute approximate surface area is 80.5 Å². The first kappa shape index (κ1) is 10.6. The van der Waals surface area contributed by atoms with Crippen molar-refractivity contribution in [2.75, 3.05) is 7.11 Å². The third-order valence-corrected chi connectivity index (χ3v) is 1.88. The summed E-state index contributed by atoms with van der Waals surface area (Å²) in [4.78, 5) is 10.6. The van der Waals surface area contributed by atoms with Gasteiger partial charge in [-0.2, -0.15) is 0 Å². The molecule has 0 aliphatic heterocycles. The van der Waals surface area contributed by atoms with Gasteiger partial charge in [0.05, 0.1) is 12.7 Å². The van der Waals surface area contributed by atoms with Crippen LogP contribution in [-0.4, -0.2) is 13.4 Å². The molecule has 0 unspecified atom stereocenters. The number of halogens is 2. The minimum absolute atomic E-state index is 0.0949. The van der Waals surface area contributed by atoms with Gasteiger partial charge in [-0.25, -0.2) is 8.78 Å². The number of benzene rings is 1. The van der Waals surface area contributed by atoms with Crippen LogP contribution in [0.4, 0.5) is 8.78 Å². The number of alkyl halides is 2. The van der Waals surface area contributed by atoms with E-state index in [0.29, 0.717) is 6.29 Å². The van der Waals surface area contributed by atoms with Gasteiger partial charge in [0.2, 0.25) is 0 Å². The maximum atomic E-state index is 13.0. The summed E-state index contributed by atoms with van der Waals surface area (Å²) >= 11 is 0. The largest absolute Gasteiger partial charge is 0.496 e. The molecule has 0 atom stereocenters. The molecule has 0 radical (unpaired) electrons. The number of hydrogen-bond acceptors (Lipinski definition) is 2. The normalized spacial score (nSPS) is 11.1. The first-order chi connectivity index (χ1) is 6.50. The van der Waals surface area contributed by atoms with Gasteiger partial charge in [0.25, 0.3) is 5.92 Å². The minimum Gasteiger partial charge on any atom is -0.496 e. The van der Waals surface area contributed by atoms with E-state index in [1.165, 1.54) is 25.3 Å². The summed E-state index contributed by atoms with van der Waals surface area (Å²) in [7, 11) is 1.33. The smallest absolute Gasteiger partial charge is 0.271 e. The molecule has 0 amide bonds. The zero-order valence-electron chi connectivity index (χ0n) is 7.88. The summed E-state index contributed by atoms with van der Waals surface area (Å²) in [5.74, 6) is -2.87. The van der Waals surface area contributed by atoms with Crippen molar-refractivity contribution in [3.05, 3.63) is 29.3 Å². The highest BCUT2D eigenvalue weighted by Gasteiger charge is 2.28. The van der Waals surface area contributed by atoms with E-state index in [9.17, 15) is 13.6 Å². The molecule has 0 aromatic heterocycles. The molecule has 4 heteroatoms. The van der Waals surface area contributed by atoms with Crippen LogP contribution in [-0.2, 0) is 5.92 Å². The van der Waals surface area contributed by atoms with Crippen LogP contribution < -0.4 is 4.74 Å². The number of ether oxygens (including phenoxy) is 1. The van der Waals surface area contributed by atoms with Crippen molar-refractivity contribution >= 4 is 6.29 Å². The number of aldehydes is 1. The zero-order valence-corrected chi connectivity index (χ0v) is 7.88. The number of carbonyl (C=O) groups is 1. The summed E-state index contributed by atoms with van der Waals surface area (Å²) in [6.07, 6.45) is 0.381. The van der Waals surface area contributed by atoms with E-state index in [1.807, 2.05) is 0 Å². The van der Waals surface area contributed by atoms with E-state index in [1.54, 1.807) is 0 Å². The van der Waals surface area contributed by atoms with E-state index in [4.69, 9.17) is 4.74 Å². The van der Waals surface area contributed by atoms with E-state index in [-0.39, 0.29) is 16.9 Å². The number of hydrogen-bond donors (Lipinski definition) is 0. The average Bonchev–Trinajstić information content (AvgIpc) is 2.15. The lowest BCUT2D eigenvalue weighted by Crippen LogP contribution is -2.11. The van der Waals surface area contributed by atoms with Crippen molar-refractivity contribution < 1.29 is 18.3 Å². The van der Waals surface area contributed by atoms with Gasteiger partial charge in [-0.15, -0.1) is 0 Å². The third kappa shape index (κ3) is 1.89. The van der Waals surface area contributed by atoms with Gasteiger partial charge in [-0.1, -0.05) is 12.1 Å². The summed E-state index contributed by atoms with van der Waals surface area (Å²) in [6.45, 7) is 0.745. The molecule has 0 aliphatic carbocycles. The van der Waals surface area contributed by atoms with Crippen molar-refractivity contribution in [1.82, 2.24) is 0 Å². The van der Waals surface area contributed by atoms with Gasteiger partial charge in [-0.05, 0) is 6.07 Å². The molecular weight excluding hydrogens is 190 g/mol. The Bertz CT molecular complexity index is 342. The van der Waals surface area contributed by atoms with E-state index in [2.05, 4.69) is 0 Å². The molecule has 0 bridgehead atoms. The molecule has 0 saturated carbocycles. The van der Waals surface area contributed by atoms with Crippen molar-refractivity contribution in [1.29, 1.82) is 0 Å². The Morgan fingerprint density at radius 2 is 2.07 bits per heavy atom. The summed E-state index contributed by atoms with van der Waals surface area (Å²) in [5, 5.41) is 0. The van der Waals surface area contributed by atoms with Crippen LogP contribution in [0.2, 0.25) is 0 Å². The van der Waals surface area contributed by atoms with Crippen LogP contribution in [0.25, 0.3) is 0 Å². The molecule has 14 heavy (non-hydrogen) atoms. The van der Waals surface area contributed by atoms with Gasteiger partial charge < -0.3 is 4.74 Å². The molecule has 1 aromatic rings. The van der Waals surface area contributed by atoms with Crippen LogP contribution in [0.3, 0.4) is 0 Å². The van der Waals surface area contributed by atoms with Gasteiger partial charge in [0, 0.05) is 12.5 Å². The lowest BCUT2D eigenvalue weighted by atomic mass is 10.0. The van der Waals surface area contributed by atoms with Gasteiger partial charge in [-0.3, -0.25) is 4.79 Å². The van der Waals surface area contributed by atoms with Gasteiger partial charge in [0.1, 0.15) is 5.75 Å². The molecule has 1 rings (SSSR count). The van der Waals surface area contributed by atoms with Crippen molar-refractivity contribution in [2.45, 2.75) is 12.8 Å². The molecule has 0 saturated heterocycles. The summed E-state index contributed by atoms with van der Waals surface area (Å²) in [6, 6.07) is 4.11. The first-order valence-electron chi connectivity index (χ1n) is 4.01.